The lowest BCUT2D eigenvalue weighted by atomic mass is 10.1. The molecule has 0 saturated heterocycles. The Morgan fingerprint density at radius 3 is 2.94 bits per heavy atom. The normalized spacial score (nSPS) is 19.1. The third kappa shape index (κ3) is 2.85. The monoisotopic (exact) mass is 221 g/mol. The Bertz CT molecular complexity index is 313. The number of nitrogens with one attached hydrogen (secondary N) is 1. The second-order valence-corrected chi connectivity index (χ2v) is 4.95. The van der Waals surface area contributed by atoms with Crippen molar-refractivity contribution in [1.82, 2.24) is 15.1 Å². The van der Waals surface area contributed by atoms with Gasteiger partial charge in [-0.3, -0.25) is 4.68 Å². The maximum atomic E-state index is 4.69. The number of rotatable bonds is 5. The summed E-state index contributed by atoms with van der Waals surface area (Å²) in [7, 11) is 2.02. The third-order valence-corrected chi connectivity index (χ3v) is 3.69. The van der Waals surface area contributed by atoms with E-state index >= 15 is 0 Å². The van der Waals surface area contributed by atoms with Crippen LogP contribution in [-0.2, 0) is 6.42 Å². The minimum atomic E-state index is 0.580. The lowest BCUT2D eigenvalue weighted by molar-refractivity contribution is 0.460. The topological polar surface area (TPSA) is 29.9 Å². The van der Waals surface area contributed by atoms with Gasteiger partial charge in [-0.2, -0.15) is 5.10 Å². The molecule has 1 aliphatic carbocycles. The van der Waals surface area contributed by atoms with E-state index in [0.717, 1.165) is 12.8 Å². The summed E-state index contributed by atoms with van der Waals surface area (Å²) in [5.41, 5.74) is 1.24. The first-order chi connectivity index (χ1) is 7.79. The maximum absolute atomic E-state index is 4.69. The van der Waals surface area contributed by atoms with Gasteiger partial charge in [0.05, 0.1) is 11.7 Å². The quantitative estimate of drug-likeness (QED) is 0.828. The van der Waals surface area contributed by atoms with Crippen molar-refractivity contribution in [2.75, 3.05) is 7.05 Å². The van der Waals surface area contributed by atoms with E-state index in [2.05, 4.69) is 34.3 Å². The molecule has 1 saturated carbocycles. The van der Waals surface area contributed by atoms with Gasteiger partial charge in [-0.25, -0.2) is 0 Å². The molecular weight excluding hydrogens is 198 g/mol. The molecule has 1 aromatic rings. The van der Waals surface area contributed by atoms with E-state index in [0.29, 0.717) is 12.1 Å². The Hall–Kier alpha value is -0.830. The van der Waals surface area contributed by atoms with Gasteiger partial charge in [-0.05, 0) is 45.7 Å². The van der Waals surface area contributed by atoms with E-state index in [9.17, 15) is 0 Å². The largest absolute Gasteiger partial charge is 0.317 e. The molecular formula is C13H23N3. The Kier molecular flexibility index (Phi) is 3.99. The molecule has 1 aromatic heterocycles. The molecule has 0 amide bonds. The number of hydrogen-bond acceptors (Lipinski definition) is 2. The zero-order valence-corrected chi connectivity index (χ0v) is 10.4. The molecule has 1 aliphatic rings. The fourth-order valence-electron chi connectivity index (χ4n) is 2.39. The molecule has 1 fully saturated rings. The van der Waals surface area contributed by atoms with Crippen LogP contribution >= 0.6 is 0 Å². The van der Waals surface area contributed by atoms with Crippen LogP contribution in [0.2, 0.25) is 0 Å². The highest BCUT2D eigenvalue weighted by Crippen LogP contribution is 2.28. The molecule has 0 aliphatic heterocycles. The number of aromatic nitrogens is 2. The fraction of sp³-hybridized carbons (Fsp3) is 0.769. The predicted octanol–water partition coefficient (Wildman–Crippen LogP) is 2.54. The van der Waals surface area contributed by atoms with Crippen molar-refractivity contribution in [3.63, 3.8) is 0 Å². The molecule has 1 unspecified atom stereocenters. The molecule has 0 spiro atoms. The minimum absolute atomic E-state index is 0.580. The van der Waals surface area contributed by atoms with Gasteiger partial charge < -0.3 is 5.32 Å². The highest BCUT2D eigenvalue weighted by molar-refractivity contribution is 5.00. The van der Waals surface area contributed by atoms with E-state index in [1.165, 1.54) is 31.4 Å². The highest BCUT2D eigenvalue weighted by atomic mass is 15.3. The van der Waals surface area contributed by atoms with Gasteiger partial charge in [-0.15, -0.1) is 0 Å². The molecule has 0 bridgehead atoms. The van der Waals surface area contributed by atoms with Crippen molar-refractivity contribution in [2.24, 2.45) is 0 Å². The first-order valence-corrected chi connectivity index (χ1v) is 6.51. The molecule has 16 heavy (non-hydrogen) atoms. The van der Waals surface area contributed by atoms with Crippen LogP contribution in [0.1, 0.15) is 50.8 Å². The van der Waals surface area contributed by atoms with Crippen LogP contribution < -0.4 is 5.32 Å². The Morgan fingerprint density at radius 1 is 1.50 bits per heavy atom. The molecule has 90 valence electrons. The van der Waals surface area contributed by atoms with Crippen molar-refractivity contribution in [3.8, 4) is 0 Å². The smallest absolute Gasteiger partial charge is 0.0625 e. The van der Waals surface area contributed by atoms with Crippen LogP contribution in [0, 0.1) is 0 Å². The van der Waals surface area contributed by atoms with Crippen LogP contribution in [0.3, 0.4) is 0 Å². The van der Waals surface area contributed by atoms with Crippen molar-refractivity contribution in [2.45, 2.75) is 57.5 Å². The first-order valence-electron chi connectivity index (χ1n) is 6.51. The Morgan fingerprint density at radius 2 is 2.25 bits per heavy atom. The van der Waals surface area contributed by atoms with Gasteiger partial charge >= 0.3 is 0 Å². The van der Waals surface area contributed by atoms with Gasteiger partial charge in [0.25, 0.3) is 0 Å². The lowest BCUT2D eigenvalue weighted by Crippen LogP contribution is -2.21. The molecule has 2 rings (SSSR count). The van der Waals surface area contributed by atoms with Gasteiger partial charge in [-0.1, -0.05) is 12.8 Å². The molecule has 0 aromatic carbocycles. The van der Waals surface area contributed by atoms with Gasteiger partial charge in [0, 0.05) is 12.2 Å². The maximum Gasteiger partial charge on any atom is 0.0625 e. The van der Waals surface area contributed by atoms with Crippen molar-refractivity contribution >= 4 is 0 Å². The summed E-state index contributed by atoms with van der Waals surface area (Å²) in [6.45, 7) is 2.22. The van der Waals surface area contributed by atoms with Crippen LogP contribution in [0.4, 0.5) is 0 Å². The molecule has 0 radical (unpaired) electrons. The second kappa shape index (κ2) is 5.48. The van der Waals surface area contributed by atoms with Crippen molar-refractivity contribution in [1.29, 1.82) is 0 Å². The SMILES string of the molecule is CNC(C)CCc1ccn(C2CCCC2)n1. The summed E-state index contributed by atoms with van der Waals surface area (Å²) < 4.78 is 2.19. The summed E-state index contributed by atoms with van der Waals surface area (Å²) >= 11 is 0. The minimum Gasteiger partial charge on any atom is -0.317 e. The summed E-state index contributed by atoms with van der Waals surface area (Å²) in [4.78, 5) is 0. The number of aryl methyl sites for hydroxylation is 1. The molecule has 3 heteroatoms. The number of hydrogen-bond donors (Lipinski definition) is 1. The lowest BCUT2D eigenvalue weighted by Gasteiger charge is -2.10. The molecule has 1 heterocycles. The van der Waals surface area contributed by atoms with E-state index in [1.54, 1.807) is 0 Å². The zero-order valence-electron chi connectivity index (χ0n) is 10.4. The van der Waals surface area contributed by atoms with Crippen LogP contribution in [0.25, 0.3) is 0 Å². The zero-order chi connectivity index (χ0) is 11.4. The third-order valence-electron chi connectivity index (χ3n) is 3.69. The van der Waals surface area contributed by atoms with Crippen molar-refractivity contribution in [3.05, 3.63) is 18.0 Å². The highest BCUT2D eigenvalue weighted by Gasteiger charge is 2.17. The van der Waals surface area contributed by atoms with E-state index in [-0.39, 0.29) is 0 Å². The molecule has 3 nitrogen and oxygen atoms in total. The molecule has 1 atom stereocenters. The average molecular weight is 221 g/mol. The number of nitrogens with zero attached hydrogens (tertiary/aromatic N) is 2. The summed E-state index contributed by atoms with van der Waals surface area (Å²) in [5.74, 6) is 0. The van der Waals surface area contributed by atoms with Gasteiger partial charge in [0.15, 0.2) is 0 Å². The predicted molar refractivity (Wildman–Crippen MR) is 66.6 cm³/mol. The van der Waals surface area contributed by atoms with E-state index in [1.807, 2.05) is 7.05 Å². The van der Waals surface area contributed by atoms with Crippen molar-refractivity contribution < 1.29 is 0 Å². The Balaban J connectivity index is 1.86. The Labute approximate surface area is 98.2 Å². The first kappa shape index (κ1) is 11.6. The van der Waals surface area contributed by atoms with Crippen LogP contribution in [-0.4, -0.2) is 22.9 Å². The standard InChI is InChI=1S/C13H23N3/c1-11(14-2)7-8-12-9-10-16(15-12)13-5-3-4-6-13/h9-11,13-14H,3-8H2,1-2H3. The van der Waals surface area contributed by atoms with Crippen LogP contribution in [0.15, 0.2) is 12.3 Å². The summed E-state index contributed by atoms with van der Waals surface area (Å²) in [5, 5.41) is 7.95. The average Bonchev–Trinajstić information content (AvgIpc) is 2.95. The van der Waals surface area contributed by atoms with Gasteiger partial charge in [0.2, 0.25) is 0 Å². The van der Waals surface area contributed by atoms with E-state index < -0.39 is 0 Å². The van der Waals surface area contributed by atoms with E-state index in [4.69, 9.17) is 0 Å². The molecule has 1 N–H and O–H groups in total. The van der Waals surface area contributed by atoms with Gasteiger partial charge in [0.1, 0.15) is 0 Å². The summed E-state index contributed by atoms with van der Waals surface area (Å²) in [6.07, 6.45) is 9.78. The fourth-order valence-corrected chi connectivity index (χ4v) is 2.39. The summed E-state index contributed by atoms with van der Waals surface area (Å²) in [6, 6.07) is 3.44. The second-order valence-electron chi connectivity index (χ2n) is 4.95. The van der Waals surface area contributed by atoms with Crippen LogP contribution in [0.5, 0.6) is 0 Å².